The fourth-order valence-electron chi connectivity index (χ4n) is 2.82. The van der Waals surface area contributed by atoms with E-state index in [1.54, 1.807) is 30.7 Å². The number of rotatable bonds is 3. The zero-order valence-electron chi connectivity index (χ0n) is 12.9. The second-order valence-electron chi connectivity index (χ2n) is 6.02. The number of nitrogens with zero attached hydrogens (tertiary/aromatic N) is 2. The molecule has 21 heavy (non-hydrogen) atoms. The Kier molecular flexibility index (Phi) is 4.28. The molecule has 1 aliphatic rings. The van der Waals surface area contributed by atoms with Crippen molar-refractivity contribution in [2.24, 2.45) is 0 Å². The van der Waals surface area contributed by atoms with Crippen LogP contribution in [0.1, 0.15) is 32.8 Å². The van der Waals surface area contributed by atoms with E-state index in [0.29, 0.717) is 18.1 Å². The molecule has 1 unspecified atom stereocenters. The maximum atomic E-state index is 11.9. The van der Waals surface area contributed by atoms with Gasteiger partial charge in [0.25, 0.3) is 0 Å². The third kappa shape index (κ3) is 3.05. The van der Waals surface area contributed by atoms with Gasteiger partial charge in [0, 0.05) is 50.1 Å². The molecule has 0 saturated carbocycles. The molecule has 0 N–H and O–H groups in total. The largest absolute Gasteiger partial charge is 0.346 e. The van der Waals surface area contributed by atoms with Gasteiger partial charge in [-0.25, -0.2) is 0 Å². The van der Waals surface area contributed by atoms with Crippen molar-refractivity contribution in [3.8, 4) is 0 Å². The fourth-order valence-corrected chi connectivity index (χ4v) is 2.99. The van der Waals surface area contributed by atoms with Crippen LogP contribution in [-0.4, -0.2) is 36.9 Å². The number of hydrogen-bond acceptors (Lipinski definition) is 2. The van der Waals surface area contributed by atoms with Crippen molar-refractivity contribution < 1.29 is 9.59 Å². The van der Waals surface area contributed by atoms with Crippen molar-refractivity contribution in [1.29, 1.82) is 0 Å². The Bertz CT molecular complexity index is 588. The van der Waals surface area contributed by atoms with E-state index in [-0.39, 0.29) is 17.2 Å². The molecule has 114 valence electrons. The zero-order valence-corrected chi connectivity index (χ0v) is 13.7. The Morgan fingerprint density at radius 2 is 2.05 bits per heavy atom. The van der Waals surface area contributed by atoms with Crippen LogP contribution in [0.3, 0.4) is 0 Å². The van der Waals surface area contributed by atoms with Gasteiger partial charge in [0.1, 0.15) is 0 Å². The van der Waals surface area contributed by atoms with Crippen molar-refractivity contribution in [3.05, 3.63) is 28.8 Å². The quantitative estimate of drug-likeness (QED) is 0.861. The first-order valence-corrected chi connectivity index (χ1v) is 7.42. The van der Waals surface area contributed by atoms with Crippen molar-refractivity contribution in [3.63, 3.8) is 0 Å². The van der Waals surface area contributed by atoms with Crippen LogP contribution in [0.25, 0.3) is 0 Å². The molecule has 1 heterocycles. The van der Waals surface area contributed by atoms with Crippen molar-refractivity contribution in [2.45, 2.75) is 32.6 Å². The van der Waals surface area contributed by atoms with Gasteiger partial charge >= 0.3 is 0 Å². The second-order valence-corrected chi connectivity index (χ2v) is 6.45. The summed E-state index contributed by atoms with van der Waals surface area (Å²) in [5.74, 6) is 0.0681. The van der Waals surface area contributed by atoms with Gasteiger partial charge in [-0.05, 0) is 24.1 Å². The van der Waals surface area contributed by atoms with E-state index in [4.69, 9.17) is 11.6 Å². The molecule has 2 rings (SSSR count). The molecular weight excluding hydrogens is 288 g/mol. The van der Waals surface area contributed by atoms with Crippen LogP contribution in [0.5, 0.6) is 0 Å². The molecule has 1 atom stereocenters. The number of carbonyl (C=O) groups excluding carboxylic acids is 2. The van der Waals surface area contributed by atoms with E-state index in [9.17, 15) is 9.59 Å². The van der Waals surface area contributed by atoms with E-state index in [1.165, 1.54) is 0 Å². The minimum atomic E-state index is -0.157. The Morgan fingerprint density at radius 1 is 1.38 bits per heavy atom. The normalized spacial score (nSPS) is 20.3. The Hall–Kier alpha value is -1.55. The molecule has 5 heteroatoms. The molecule has 2 amide bonds. The number of fused-ring (bicyclic) bond motifs is 1. The number of amides is 2. The third-order valence-corrected chi connectivity index (χ3v) is 4.56. The maximum Gasteiger partial charge on any atom is 0.223 e. The zero-order chi connectivity index (χ0) is 15.8. The number of hydrogen-bond donors (Lipinski definition) is 0. The van der Waals surface area contributed by atoms with Gasteiger partial charge in [-0.2, -0.15) is 0 Å². The van der Waals surface area contributed by atoms with E-state index in [2.05, 4.69) is 6.92 Å². The van der Waals surface area contributed by atoms with Crippen LogP contribution < -0.4 is 4.90 Å². The van der Waals surface area contributed by atoms with Crippen LogP contribution in [0.4, 0.5) is 5.69 Å². The highest BCUT2D eigenvalue weighted by Gasteiger charge is 2.40. The third-order valence-electron chi connectivity index (χ3n) is 4.32. The predicted molar refractivity (Wildman–Crippen MR) is 84.8 cm³/mol. The van der Waals surface area contributed by atoms with Gasteiger partial charge in [-0.3, -0.25) is 9.59 Å². The molecule has 0 bridgehead atoms. The summed E-state index contributed by atoms with van der Waals surface area (Å²) in [5, 5.41) is 0.630. The fraction of sp³-hybridized carbons (Fsp3) is 0.500. The summed E-state index contributed by atoms with van der Waals surface area (Å²) in [7, 11) is 1.80. The minimum Gasteiger partial charge on any atom is -0.346 e. The summed E-state index contributed by atoms with van der Waals surface area (Å²) < 4.78 is 0. The Morgan fingerprint density at radius 3 is 2.62 bits per heavy atom. The van der Waals surface area contributed by atoms with Crippen molar-refractivity contribution in [1.82, 2.24) is 4.90 Å². The first-order chi connectivity index (χ1) is 9.74. The van der Waals surface area contributed by atoms with E-state index in [1.807, 2.05) is 18.2 Å². The second kappa shape index (κ2) is 5.68. The lowest BCUT2D eigenvalue weighted by molar-refractivity contribution is -0.127. The maximum absolute atomic E-state index is 11.9. The summed E-state index contributed by atoms with van der Waals surface area (Å²) in [6.07, 6.45) is 0.807. The molecule has 4 nitrogen and oxygen atoms in total. The van der Waals surface area contributed by atoms with Gasteiger partial charge < -0.3 is 9.80 Å². The number of anilines is 1. The topological polar surface area (TPSA) is 40.6 Å². The van der Waals surface area contributed by atoms with Crippen molar-refractivity contribution >= 4 is 29.1 Å². The van der Waals surface area contributed by atoms with Crippen molar-refractivity contribution in [2.75, 3.05) is 25.0 Å². The highest BCUT2D eigenvalue weighted by molar-refractivity contribution is 6.31. The molecule has 1 aromatic carbocycles. The predicted octanol–water partition coefficient (Wildman–Crippen LogP) is 2.83. The van der Waals surface area contributed by atoms with Crippen LogP contribution in [-0.2, 0) is 15.0 Å². The summed E-state index contributed by atoms with van der Waals surface area (Å²) in [6, 6.07) is 5.70. The number of benzene rings is 1. The molecule has 0 aromatic heterocycles. The molecule has 1 aliphatic heterocycles. The van der Waals surface area contributed by atoms with E-state index < -0.39 is 0 Å². The molecular formula is C16H21ClN2O2. The standard InChI is InChI=1S/C16H21ClN2O2/c1-11(20)18(4)8-7-16(3)10-19(12(2)21)15-9-13(17)5-6-14(15)16/h5-6,9H,7-8,10H2,1-4H3. The monoisotopic (exact) mass is 308 g/mol. The first-order valence-electron chi connectivity index (χ1n) is 7.04. The van der Waals surface area contributed by atoms with E-state index >= 15 is 0 Å². The van der Waals surface area contributed by atoms with Gasteiger partial charge in [-0.15, -0.1) is 0 Å². The van der Waals surface area contributed by atoms with Crippen LogP contribution >= 0.6 is 11.6 Å². The lowest BCUT2D eigenvalue weighted by atomic mass is 9.81. The van der Waals surface area contributed by atoms with E-state index in [0.717, 1.165) is 17.7 Å². The molecule has 0 saturated heterocycles. The molecule has 1 aromatic rings. The molecule has 0 radical (unpaired) electrons. The summed E-state index contributed by atoms with van der Waals surface area (Å²) >= 11 is 6.06. The highest BCUT2D eigenvalue weighted by Crippen LogP contribution is 2.44. The number of carbonyl (C=O) groups is 2. The van der Waals surface area contributed by atoms with Gasteiger partial charge in [0.15, 0.2) is 0 Å². The average Bonchev–Trinajstić information content (AvgIpc) is 2.69. The highest BCUT2D eigenvalue weighted by atomic mass is 35.5. The summed E-state index contributed by atoms with van der Waals surface area (Å²) in [5.41, 5.74) is 1.86. The van der Waals surface area contributed by atoms with Gasteiger partial charge in [-0.1, -0.05) is 24.6 Å². The first kappa shape index (κ1) is 15.8. The number of halogens is 1. The lowest BCUT2D eigenvalue weighted by Crippen LogP contribution is -2.37. The van der Waals surface area contributed by atoms with Crippen LogP contribution in [0.2, 0.25) is 5.02 Å². The SMILES string of the molecule is CC(=O)N(C)CCC1(C)CN(C(C)=O)c2cc(Cl)ccc21. The summed E-state index contributed by atoms with van der Waals surface area (Å²) in [4.78, 5) is 26.7. The Labute approximate surface area is 130 Å². The summed E-state index contributed by atoms with van der Waals surface area (Å²) in [6.45, 7) is 6.56. The van der Waals surface area contributed by atoms with Crippen LogP contribution in [0, 0.1) is 0 Å². The van der Waals surface area contributed by atoms with Gasteiger partial charge in [0.05, 0.1) is 0 Å². The molecule has 0 aliphatic carbocycles. The smallest absolute Gasteiger partial charge is 0.223 e. The average molecular weight is 309 g/mol. The van der Waals surface area contributed by atoms with Crippen LogP contribution in [0.15, 0.2) is 18.2 Å². The minimum absolute atomic E-state index is 0.0159. The Balaban J connectivity index is 2.30. The van der Waals surface area contributed by atoms with Gasteiger partial charge in [0.2, 0.25) is 11.8 Å². The molecule has 0 fully saturated rings. The lowest BCUT2D eigenvalue weighted by Gasteiger charge is -2.28. The molecule has 0 spiro atoms.